The summed E-state index contributed by atoms with van der Waals surface area (Å²) in [5.74, 6) is -1.30. The summed E-state index contributed by atoms with van der Waals surface area (Å²) in [4.78, 5) is 11.0. The van der Waals surface area contributed by atoms with Crippen LogP contribution in [0.2, 0.25) is 0 Å². The monoisotopic (exact) mass is 507 g/mol. The van der Waals surface area contributed by atoms with Crippen LogP contribution >= 0.6 is 0 Å². The topological polar surface area (TPSA) is 83.9 Å². The summed E-state index contributed by atoms with van der Waals surface area (Å²) in [7, 11) is -4.10. The second-order valence-electron chi connectivity index (χ2n) is 7.99. The molecule has 0 fully saturated rings. The van der Waals surface area contributed by atoms with Gasteiger partial charge in [0, 0.05) is 12.5 Å². The Labute approximate surface area is 201 Å². The van der Waals surface area contributed by atoms with Crippen LogP contribution in [0.15, 0.2) is 77.7 Å². The van der Waals surface area contributed by atoms with Crippen LogP contribution in [0.3, 0.4) is 0 Å². The van der Waals surface area contributed by atoms with Crippen molar-refractivity contribution in [2.24, 2.45) is 0 Å². The summed E-state index contributed by atoms with van der Waals surface area (Å²) in [6, 6.07) is 15.7. The molecule has 1 N–H and O–H groups in total. The lowest BCUT2D eigenvalue weighted by atomic mass is 10.1. The van der Waals surface area contributed by atoms with Gasteiger partial charge >= 0.3 is 12.1 Å². The number of ether oxygens (including phenoxy) is 1. The fourth-order valence-electron chi connectivity index (χ4n) is 3.47. The summed E-state index contributed by atoms with van der Waals surface area (Å²) in [5.41, 5.74) is -0.171. The summed E-state index contributed by atoms with van der Waals surface area (Å²) in [5, 5.41) is 9.00. The minimum absolute atomic E-state index is 0.00179. The van der Waals surface area contributed by atoms with E-state index < -0.39 is 33.8 Å². The number of hydrogen-bond acceptors (Lipinski definition) is 4. The average Bonchev–Trinajstić information content (AvgIpc) is 2.80. The highest BCUT2D eigenvalue weighted by Crippen LogP contribution is 2.39. The van der Waals surface area contributed by atoms with Crippen molar-refractivity contribution in [2.75, 3.05) is 10.9 Å². The molecule has 0 spiro atoms. The first-order valence-electron chi connectivity index (χ1n) is 10.7. The Morgan fingerprint density at radius 3 is 2.17 bits per heavy atom. The summed E-state index contributed by atoms with van der Waals surface area (Å²) in [6.45, 7) is 3.18. The second kappa shape index (κ2) is 10.4. The van der Waals surface area contributed by atoms with Crippen molar-refractivity contribution in [3.8, 4) is 5.75 Å². The Morgan fingerprint density at radius 1 is 1.00 bits per heavy atom. The third-order valence-corrected chi connectivity index (χ3v) is 7.15. The first-order chi connectivity index (χ1) is 16.4. The van der Waals surface area contributed by atoms with Crippen LogP contribution in [-0.2, 0) is 22.6 Å². The Morgan fingerprint density at radius 2 is 1.63 bits per heavy atom. The average molecular weight is 508 g/mol. The first kappa shape index (κ1) is 26.1. The van der Waals surface area contributed by atoms with E-state index in [1.54, 1.807) is 44.2 Å². The van der Waals surface area contributed by atoms with Gasteiger partial charge in [-0.3, -0.25) is 4.31 Å². The number of halogens is 3. The normalized spacial score (nSPS) is 11.9. The minimum Gasteiger partial charge on any atom is -0.491 e. The fraction of sp³-hybridized carbons (Fsp3) is 0.240. The number of carboxylic acid groups (broad SMARTS) is 1. The number of nitrogens with zero attached hydrogens (tertiary/aromatic N) is 1. The van der Waals surface area contributed by atoms with Crippen LogP contribution in [0.25, 0.3) is 0 Å². The first-order valence-corrected chi connectivity index (χ1v) is 12.1. The number of rotatable bonds is 9. The van der Waals surface area contributed by atoms with Crippen LogP contribution in [0.4, 0.5) is 18.9 Å². The molecule has 3 rings (SSSR count). The standard InChI is InChI=1S/C25H24F3NO5S/c1-17(2)29(35(32,33)21-6-4-3-5-7-21)22-13-12-20(25(26,27)28)16-23(22)34-15-14-18-8-10-19(11-9-18)24(30)31/h3-13,16-17H,14-15H2,1-2H3,(H,30,31). The van der Waals surface area contributed by atoms with Crippen molar-refractivity contribution in [1.29, 1.82) is 0 Å². The van der Waals surface area contributed by atoms with Crippen molar-refractivity contribution in [2.45, 2.75) is 37.4 Å². The summed E-state index contributed by atoms with van der Waals surface area (Å²) >= 11 is 0. The van der Waals surface area contributed by atoms with Crippen LogP contribution in [0.1, 0.15) is 35.3 Å². The smallest absolute Gasteiger partial charge is 0.416 e. The van der Waals surface area contributed by atoms with E-state index in [9.17, 15) is 26.4 Å². The van der Waals surface area contributed by atoms with Crippen LogP contribution in [-0.4, -0.2) is 32.1 Å². The molecule has 10 heteroatoms. The van der Waals surface area contributed by atoms with Crippen molar-refractivity contribution in [1.82, 2.24) is 0 Å². The highest BCUT2D eigenvalue weighted by Gasteiger charge is 2.34. The number of benzene rings is 3. The molecular formula is C25H24F3NO5S. The summed E-state index contributed by atoms with van der Waals surface area (Å²) < 4.78 is 73.8. The maximum atomic E-state index is 13.4. The molecule has 3 aromatic carbocycles. The van der Waals surface area contributed by atoms with Gasteiger partial charge < -0.3 is 9.84 Å². The number of hydrogen-bond donors (Lipinski definition) is 1. The number of anilines is 1. The molecule has 0 aliphatic heterocycles. The molecule has 0 bridgehead atoms. The maximum Gasteiger partial charge on any atom is 0.416 e. The highest BCUT2D eigenvalue weighted by molar-refractivity contribution is 7.92. The maximum absolute atomic E-state index is 13.4. The number of sulfonamides is 1. The van der Waals surface area contributed by atoms with E-state index in [2.05, 4.69) is 0 Å². The minimum atomic E-state index is -4.65. The van der Waals surface area contributed by atoms with E-state index in [0.29, 0.717) is 5.56 Å². The van der Waals surface area contributed by atoms with E-state index in [-0.39, 0.29) is 34.9 Å². The van der Waals surface area contributed by atoms with Crippen molar-refractivity contribution in [3.05, 3.63) is 89.5 Å². The molecule has 6 nitrogen and oxygen atoms in total. The van der Waals surface area contributed by atoms with Gasteiger partial charge in [-0.1, -0.05) is 30.3 Å². The molecule has 0 aromatic heterocycles. The molecule has 0 heterocycles. The Hall–Kier alpha value is -3.53. The molecule has 3 aromatic rings. The lowest BCUT2D eigenvalue weighted by Crippen LogP contribution is -2.37. The number of carbonyl (C=O) groups is 1. The third-order valence-electron chi connectivity index (χ3n) is 5.14. The van der Waals surface area contributed by atoms with E-state index in [4.69, 9.17) is 9.84 Å². The molecule has 0 aliphatic rings. The molecular weight excluding hydrogens is 483 g/mol. The molecule has 0 radical (unpaired) electrons. The lowest BCUT2D eigenvalue weighted by Gasteiger charge is -2.30. The van der Waals surface area contributed by atoms with E-state index in [1.165, 1.54) is 24.3 Å². The van der Waals surface area contributed by atoms with Gasteiger partial charge in [0.25, 0.3) is 10.0 Å². The molecule has 35 heavy (non-hydrogen) atoms. The van der Waals surface area contributed by atoms with Crippen LogP contribution in [0, 0.1) is 0 Å². The Kier molecular flexibility index (Phi) is 7.74. The molecule has 0 amide bonds. The van der Waals surface area contributed by atoms with Crippen molar-refractivity contribution in [3.63, 3.8) is 0 Å². The zero-order valence-corrected chi connectivity index (χ0v) is 19.8. The highest BCUT2D eigenvalue weighted by atomic mass is 32.2. The van der Waals surface area contributed by atoms with Gasteiger partial charge in [0.1, 0.15) is 5.75 Å². The van der Waals surface area contributed by atoms with Crippen LogP contribution < -0.4 is 9.04 Å². The van der Waals surface area contributed by atoms with Crippen LogP contribution in [0.5, 0.6) is 5.75 Å². The molecule has 186 valence electrons. The zero-order valence-electron chi connectivity index (χ0n) is 19.0. The zero-order chi connectivity index (χ0) is 25.8. The van der Waals surface area contributed by atoms with Crippen molar-refractivity contribution < 1.29 is 36.2 Å². The van der Waals surface area contributed by atoms with Gasteiger partial charge in [-0.2, -0.15) is 13.2 Å². The SMILES string of the molecule is CC(C)N(c1ccc(C(F)(F)F)cc1OCCc1ccc(C(=O)O)cc1)S(=O)(=O)c1ccccc1. The van der Waals surface area contributed by atoms with Gasteiger partial charge in [0.05, 0.1) is 28.3 Å². The van der Waals surface area contributed by atoms with Gasteiger partial charge in [-0.15, -0.1) is 0 Å². The molecule has 0 aliphatic carbocycles. The molecule has 0 saturated heterocycles. The number of alkyl halides is 3. The van der Waals surface area contributed by atoms with E-state index in [0.717, 1.165) is 22.5 Å². The quantitative estimate of drug-likeness (QED) is 0.406. The second-order valence-corrected chi connectivity index (χ2v) is 9.80. The lowest BCUT2D eigenvalue weighted by molar-refractivity contribution is -0.137. The van der Waals surface area contributed by atoms with Gasteiger partial charge in [-0.05, 0) is 61.9 Å². The molecule has 0 saturated carbocycles. The van der Waals surface area contributed by atoms with Gasteiger partial charge in [0.15, 0.2) is 0 Å². The number of carboxylic acids is 1. The summed E-state index contributed by atoms with van der Waals surface area (Å²) in [6.07, 6.45) is -4.38. The predicted molar refractivity (Wildman–Crippen MR) is 125 cm³/mol. The predicted octanol–water partition coefficient (Wildman–Crippen LogP) is 5.63. The largest absolute Gasteiger partial charge is 0.491 e. The fourth-order valence-corrected chi connectivity index (χ4v) is 5.17. The van der Waals surface area contributed by atoms with Gasteiger partial charge in [-0.25, -0.2) is 13.2 Å². The van der Waals surface area contributed by atoms with Gasteiger partial charge in [0.2, 0.25) is 0 Å². The third kappa shape index (κ3) is 6.13. The van der Waals surface area contributed by atoms with E-state index >= 15 is 0 Å². The molecule has 0 unspecified atom stereocenters. The number of aromatic carboxylic acids is 1. The Bertz CT molecular complexity index is 1270. The Balaban J connectivity index is 1.96. The molecule has 0 atom stereocenters. The van der Waals surface area contributed by atoms with Crippen molar-refractivity contribution >= 4 is 21.7 Å². The van der Waals surface area contributed by atoms with E-state index in [1.807, 2.05) is 0 Å².